The Labute approximate surface area is 162 Å². The van der Waals surface area contributed by atoms with E-state index in [2.05, 4.69) is 20.4 Å². The lowest BCUT2D eigenvalue weighted by atomic mass is 10.0. The second-order valence-corrected chi connectivity index (χ2v) is 6.64. The minimum Gasteiger partial charge on any atom is -0.378 e. The summed E-state index contributed by atoms with van der Waals surface area (Å²) < 4.78 is 19.5. The molecule has 1 aromatic heterocycles. The fourth-order valence-electron chi connectivity index (χ4n) is 3.23. The van der Waals surface area contributed by atoms with Gasteiger partial charge in [-0.15, -0.1) is 0 Å². The molecule has 0 saturated carbocycles. The Hall–Kier alpha value is -3.19. The van der Waals surface area contributed by atoms with Crippen molar-refractivity contribution in [2.45, 2.75) is 6.54 Å². The zero-order valence-electron chi connectivity index (χ0n) is 15.3. The Balaban J connectivity index is 1.50. The lowest BCUT2D eigenvalue weighted by Crippen LogP contribution is -2.36. The van der Waals surface area contributed by atoms with Gasteiger partial charge in [0, 0.05) is 30.5 Å². The molecule has 7 heteroatoms. The van der Waals surface area contributed by atoms with E-state index in [1.807, 2.05) is 24.3 Å². The smallest absolute Gasteiger partial charge is 0.251 e. The number of nitrogens with zero attached hydrogens (tertiary/aromatic N) is 2. The molecule has 0 radical (unpaired) electrons. The number of benzene rings is 2. The van der Waals surface area contributed by atoms with Gasteiger partial charge in [-0.05, 0) is 47.5 Å². The summed E-state index contributed by atoms with van der Waals surface area (Å²) in [5.41, 5.74) is 3.70. The predicted molar refractivity (Wildman–Crippen MR) is 105 cm³/mol. The molecule has 144 valence electrons. The molecule has 2 aromatic carbocycles. The zero-order valence-corrected chi connectivity index (χ0v) is 15.3. The number of halogens is 1. The molecular weight excluding hydrogens is 359 g/mol. The molecule has 3 aromatic rings. The average molecular weight is 380 g/mol. The standard InChI is InChI=1S/C21H21FN4O2/c22-18-12-16(11-17(13-18)21(27)23-14-19-5-6-24-25-19)15-1-3-20(4-2-15)26-7-9-28-10-8-26/h1-6,11-13H,7-10,14H2,(H,23,27)(H,24,25). The molecule has 0 spiro atoms. The van der Waals surface area contributed by atoms with Gasteiger partial charge in [0.2, 0.25) is 0 Å². The lowest BCUT2D eigenvalue weighted by molar-refractivity contribution is 0.0950. The number of carbonyl (C=O) groups excluding carboxylic acids is 1. The van der Waals surface area contributed by atoms with Gasteiger partial charge < -0.3 is 15.0 Å². The van der Waals surface area contributed by atoms with Crippen molar-refractivity contribution in [3.63, 3.8) is 0 Å². The molecule has 28 heavy (non-hydrogen) atoms. The summed E-state index contributed by atoms with van der Waals surface area (Å²) in [5, 5.41) is 9.37. The number of aromatic amines is 1. The number of amides is 1. The highest BCUT2D eigenvalue weighted by molar-refractivity contribution is 5.95. The van der Waals surface area contributed by atoms with Gasteiger partial charge in [0.25, 0.3) is 5.91 Å². The maximum absolute atomic E-state index is 14.1. The second-order valence-electron chi connectivity index (χ2n) is 6.64. The van der Waals surface area contributed by atoms with Crippen LogP contribution in [0.4, 0.5) is 10.1 Å². The molecule has 0 atom stereocenters. The van der Waals surface area contributed by atoms with Crippen LogP contribution in [-0.4, -0.2) is 42.4 Å². The number of hydrogen-bond acceptors (Lipinski definition) is 4. The average Bonchev–Trinajstić information content (AvgIpc) is 3.26. The first-order valence-corrected chi connectivity index (χ1v) is 9.19. The summed E-state index contributed by atoms with van der Waals surface area (Å²) in [4.78, 5) is 14.7. The van der Waals surface area contributed by atoms with Crippen molar-refractivity contribution in [3.8, 4) is 11.1 Å². The minimum absolute atomic E-state index is 0.284. The largest absolute Gasteiger partial charge is 0.378 e. The fraction of sp³-hybridized carbons (Fsp3) is 0.238. The van der Waals surface area contributed by atoms with Crippen molar-refractivity contribution >= 4 is 11.6 Å². The summed E-state index contributed by atoms with van der Waals surface area (Å²) in [6.45, 7) is 3.48. The van der Waals surface area contributed by atoms with Crippen molar-refractivity contribution in [2.24, 2.45) is 0 Å². The number of anilines is 1. The first-order chi connectivity index (χ1) is 13.7. The Morgan fingerprint density at radius 2 is 1.89 bits per heavy atom. The monoisotopic (exact) mass is 380 g/mol. The Kier molecular flexibility index (Phi) is 5.34. The third-order valence-electron chi connectivity index (χ3n) is 4.73. The Morgan fingerprint density at radius 3 is 2.61 bits per heavy atom. The predicted octanol–water partition coefficient (Wildman–Crippen LogP) is 2.98. The van der Waals surface area contributed by atoms with E-state index in [1.165, 1.54) is 12.1 Å². The van der Waals surface area contributed by atoms with Crippen LogP contribution < -0.4 is 10.2 Å². The van der Waals surface area contributed by atoms with Gasteiger partial charge in [-0.2, -0.15) is 5.10 Å². The number of morpholine rings is 1. The summed E-state index contributed by atoms with van der Waals surface area (Å²) in [6.07, 6.45) is 1.61. The maximum Gasteiger partial charge on any atom is 0.251 e. The van der Waals surface area contributed by atoms with E-state index in [4.69, 9.17) is 4.74 Å². The number of carbonyl (C=O) groups is 1. The van der Waals surface area contributed by atoms with Crippen LogP contribution in [0.15, 0.2) is 54.7 Å². The van der Waals surface area contributed by atoms with E-state index in [9.17, 15) is 9.18 Å². The second kappa shape index (κ2) is 8.22. The highest BCUT2D eigenvalue weighted by Crippen LogP contribution is 2.25. The summed E-state index contributed by atoms with van der Waals surface area (Å²) in [6, 6.07) is 14.1. The number of ether oxygens (including phenoxy) is 1. The molecule has 4 rings (SSSR count). The third kappa shape index (κ3) is 4.20. The molecule has 0 aliphatic carbocycles. The topological polar surface area (TPSA) is 70.2 Å². The number of rotatable bonds is 5. The first-order valence-electron chi connectivity index (χ1n) is 9.19. The summed E-state index contributed by atoms with van der Waals surface area (Å²) >= 11 is 0. The van der Waals surface area contributed by atoms with Crippen molar-refractivity contribution < 1.29 is 13.9 Å². The molecule has 1 amide bonds. The number of H-pyrrole nitrogens is 1. The zero-order chi connectivity index (χ0) is 19.3. The van der Waals surface area contributed by atoms with E-state index >= 15 is 0 Å². The van der Waals surface area contributed by atoms with Crippen molar-refractivity contribution in [1.82, 2.24) is 15.5 Å². The van der Waals surface area contributed by atoms with Crippen LogP contribution in [0.5, 0.6) is 0 Å². The van der Waals surface area contributed by atoms with Gasteiger partial charge in [0.15, 0.2) is 0 Å². The van der Waals surface area contributed by atoms with Gasteiger partial charge in [-0.25, -0.2) is 4.39 Å². The quantitative estimate of drug-likeness (QED) is 0.714. The Bertz CT molecular complexity index is 936. The van der Waals surface area contributed by atoms with E-state index in [-0.39, 0.29) is 11.5 Å². The van der Waals surface area contributed by atoms with Crippen LogP contribution in [0.25, 0.3) is 11.1 Å². The molecule has 1 aliphatic rings. The summed E-state index contributed by atoms with van der Waals surface area (Å²) in [7, 11) is 0. The van der Waals surface area contributed by atoms with Gasteiger partial charge >= 0.3 is 0 Å². The summed E-state index contributed by atoms with van der Waals surface area (Å²) in [5.74, 6) is -0.776. The number of aromatic nitrogens is 2. The van der Waals surface area contributed by atoms with Gasteiger partial charge in [-0.3, -0.25) is 9.89 Å². The van der Waals surface area contributed by atoms with Gasteiger partial charge in [0.05, 0.1) is 25.5 Å². The van der Waals surface area contributed by atoms with Crippen LogP contribution >= 0.6 is 0 Å². The normalized spacial score (nSPS) is 14.1. The molecule has 2 heterocycles. The van der Waals surface area contributed by atoms with Crippen molar-refractivity contribution in [2.75, 3.05) is 31.2 Å². The van der Waals surface area contributed by atoms with E-state index in [0.29, 0.717) is 12.1 Å². The van der Waals surface area contributed by atoms with Crippen LogP contribution in [0.1, 0.15) is 16.1 Å². The van der Waals surface area contributed by atoms with Crippen molar-refractivity contribution in [3.05, 3.63) is 71.8 Å². The van der Waals surface area contributed by atoms with E-state index in [0.717, 1.165) is 43.2 Å². The molecule has 1 fully saturated rings. The molecule has 1 aliphatic heterocycles. The fourth-order valence-corrected chi connectivity index (χ4v) is 3.23. The van der Waals surface area contributed by atoms with E-state index < -0.39 is 5.82 Å². The molecular formula is C21H21FN4O2. The number of hydrogen-bond donors (Lipinski definition) is 2. The van der Waals surface area contributed by atoms with Crippen LogP contribution in [0, 0.1) is 5.82 Å². The van der Waals surface area contributed by atoms with Crippen LogP contribution in [-0.2, 0) is 11.3 Å². The number of nitrogens with one attached hydrogen (secondary N) is 2. The molecule has 1 saturated heterocycles. The Morgan fingerprint density at radius 1 is 1.11 bits per heavy atom. The van der Waals surface area contributed by atoms with E-state index in [1.54, 1.807) is 18.3 Å². The molecule has 6 nitrogen and oxygen atoms in total. The molecule has 0 unspecified atom stereocenters. The maximum atomic E-state index is 14.1. The highest BCUT2D eigenvalue weighted by atomic mass is 19.1. The molecule has 2 N–H and O–H groups in total. The highest BCUT2D eigenvalue weighted by Gasteiger charge is 2.13. The van der Waals surface area contributed by atoms with Gasteiger partial charge in [-0.1, -0.05) is 12.1 Å². The first kappa shape index (κ1) is 18.2. The molecule has 0 bridgehead atoms. The van der Waals surface area contributed by atoms with Crippen LogP contribution in [0.2, 0.25) is 0 Å². The van der Waals surface area contributed by atoms with Crippen molar-refractivity contribution in [1.29, 1.82) is 0 Å². The SMILES string of the molecule is O=C(NCc1ccn[nH]1)c1cc(F)cc(-c2ccc(N3CCOCC3)cc2)c1. The van der Waals surface area contributed by atoms with Crippen LogP contribution in [0.3, 0.4) is 0 Å². The minimum atomic E-state index is -0.443. The lowest BCUT2D eigenvalue weighted by Gasteiger charge is -2.28. The third-order valence-corrected chi connectivity index (χ3v) is 4.73. The van der Waals surface area contributed by atoms with Gasteiger partial charge in [0.1, 0.15) is 5.82 Å².